The number of rotatable bonds is 6. The summed E-state index contributed by atoms with van der Waals surface area (Å²) in [6, 6.07) is 0. The van der Waals surface area contributed by atoms with Crippen molar-refractivity contribution in [1.29, 1.82) is 0 Å². The Morgan fingerprint density at radius 3 is 2.16 bits per heavy atom. The minimum absolute atomic E-state index is 0.244. The minimum Gasteiger partial charge on any atom is -0.390 e. The van der Waals surface area contributed by atoms with Crippen LogP contribution in [-0.2, 0) is 0 Å². The molecule has 4 aliphatic carbocycles. The summed E-state index contributed by atoms with van der Waals surface area (Å²) in [7, 11) is 0. The zero-order valence-corrected chi connectivity index (χ0v) is 22.3. The van der Waals surface area contributed by atoms with Crippen molar-refractivity contribution < 1.29 is 10.2 Å². The highest BCUT2D eigenvalue weighted by Gasteiger charge is 2.61. The molecular formula is C30H54O2. The highest BCUT2D eigenvalue weighted by Crippen LogP contribution is 2.68. The SMILES string of the molecule is CC[C@H](C[C@H]1CCC2C3CCC4C[C@@H](O)C(O)C[C@]4(C)C3CCC21C)[C@H](C)[C@@H](C)C(C)C. The Balaban J connectivity index is 1.49. The van der Waals surface area contributed by atoms with Crippen molar-refractivity contribution in [2.24, 2.45) is 64.1 Å². The molecule has 4 aliphatic rings. The summed E-state index contributed by atoms with van der Waals surface area (Å²) >= 11 is 0. The van der Waals surface area contributed by atoms with Crippen LogP contribution >= 0.6 is 0 Å². The minimum atomic E-state index is -0.505. The standard InChI is InChI=1S/C30H54O2/c1-8-21(20(5)19(4)18(2)3)15-22-10-12-25-24-11-9-23-16-27(31)28(32)17-30(23,7)26(24)13-14-29(22,25)6/h18-28,31-32H,8-17H2,1-7H3/t19-,20+,21+,22+,23?,24?,25?,26?,27+,28?,29?,30-/m0/s1. The van der Waals surface area contributed by atoms with Gasteiger partial charge in [-0.3, -0.25) is 0 Å². The number of fused-ring (bicyclic) bond motifs is 5. The first-order valence-electron chi connectivity index (χ1n) is 14.4. The predicted molar refractivity (Wildman–Crippen MR) is 134 cm³/mol. The van der Waals surface area contributed by atoms with Gasteiger partial charge in [0, 0.05) is 0 Å². The van der Waals surface area contributed by atoms with Crippen molar-refractivity contribution in [1.82, 2.24) is 0 Å². The molecule has 4 fully saturated rings. The zero-order chi connectivity index (χ0) is 23.4. The fraction of sp³-hybridized carbons (Fsp3) is 1.00. The molecule has 0 saturated heterocycles. The van der Waals surface area contributed by atoms with Crippen molar-refractivity contribution in [3.8, 4) is 0 Å². The molecule has 2 heteroatoms. The average Bonchev–Trinajstić information content (AvgIpc) is 3.08. The van der Waals surface area contributed by atoms with Gasteiger partial charge in [0.1, 0.15) is 0 Å². The van der Waals surface area contributed by atoms with Crippen LogP contribution in [0.5, 0.6) is 0 Å². The van der Waals surface area contributed by atoms with E-state index in [2.05, 4.69) is 48.5 Å². The normalized spacial score (nSPS) is 49.1. The van der Waals surface area contributed by atoms with E-state index in [9.17, 15) is 10.2 Å². The van der Waals surface area contributed by atoms with E-state index in [4.69, 9.17) is 0 Å². The quantitative estimate of drug-likeness (QED) is 0.448. The molecule has 0 spiro atoms. The Labute approximate surface area is 199 Å². The second-order valence-electron chi connectivity index (χ2n) is 13.9. The van der Waals surface area contributed by atoms with Crippen LogP contribution in [0.4, 0.5) is 0 Å². The van der Waals surface area contributed by atoms with E-state index in [1.54, 1.807) is 0 Å². The molecule has 0 bridgehead atoms. The van der Waals surface area contributed by atoms with E-state index in [1.165, 1.54) is 51.4 Å². The molecule has 0 radical (unpaired) electrons. The van der Waals surface area contributed by atoms with Gasteiger partial charge in [-0.15, -0.1) is 0 Å². The summed E-state index contributed by atoms with van der Waals surface area (Å²) in [6.07, 6.45) is 11.7. The highest BCUT2D eigenvalue weighted by atomic mass is 16.3. The molecule has 0 amide bonds. The lowest BCUT2D eigenvalue weighted by atomic mass is 9.44. The number of aliphatic hydroxyl groups is 2. The Morgan fingerprint density at radius 2 is 1.50 bits per heavy atom. The van der Waals surface area contributed by atoms with Gasteiger partial charge in [0.05, 0.1) is 12.2 Å². The Bertz CT molecular complexity index is 645. The summed E-state index contributed by atoms with van der Waals surface area (Å²) in [6.45, 7) is 17.4. The van der Waals surface area contributed by atoms with Gasteiger partial charge in [-0.2, -0.15) is 0 Å². The van der Waals surface area contributed by atoms with Crippen LogP contribution < -0.4 is 0 Å². The Kier molecular flexibility index (Phi) is 7.18. The summed E-state index contributed by atoms with van der Waals surface area (Å²) < 4.78 is 0. The van der Waals surface area contributed by atoms with E-state index < -0.39 is 12.2 Å². The molecule has 2 N–H and O–H groups in total. The highest BCUT2D eigenvalue weighted by molar-refractivity contribution is 5.10. The average molecular weight is 447 g/mol. The van der Waals surface area contributed by atoms with E-state index in [-0.39, 0.29) is 5.41 Å². The molecular weight excluding hydrogens is 392 g/mol. The summed E-state index contributed by atoms with van der Waals surface area (Å²) in [5, 5.41) is 20.9. The summed E-state index contributed by atoms with van der Waals surface area (Å²) in [5.74, 6) is 7.32. The van der Waals surface area contributed by atoms with Gasteiger partial charge >= 0.3 is 0 Å². The van der Waals surface area contributed by atoms with Crippen LogP contribution in [-0.4, -0.2) is 22.4 Å². The van der Waals surface area contributed by atoms with Crippen LogP contribution in [0.3, 0.4) is 0 Å². The third-order valence-corrected chi connectivity index (χ3v) is 12.6. The third kappa shape index (κ3) is 4.02. The second-order valence-corrected chi connectivity index (χ2v) is 13.9. The monoisotopic (exact) mass is 446 g/mol. The van der Waals surface area contributed by atoms with E-state index in [0.717, 1.165) is 60.2 Å². The van der Waals surface area contributed by atoms with Crippen molar-refractivity contribution in [2.75, 3.05) is 0 Å². The van der Waals surface area contributed by atoms with Crippen LogP contribution in [0.2, 0.25) is 0 Å². The molecule has 12 atom stereocenters. The van der Waals surface area contributed by atoms with E-state index in [1.807, 2.05) is 0 Å². The maximum Gasteiger partial charge on any atom is 0.0804 e. The smallest absolute Gasteiger partial charge is 0.0804 e. The maximum atomic E-state index is 10.6. The number of hydrogen-bond donors (Lipinski definition) is 2. The lowest BCUT2D eigenvalue weighted by Gasteiger charge is -2.61. The summed E-state index contributed by atoms with van der Waals surface area (Å²) in [4.78, 5) is 0. The van der Waals surface area contributed by atoms with Crippen molar-refractivity contribution in [2.45, 2.75) is 125 Å². The van der Waals surface area contributed by atoms with Gasteiger partial charge in [-0.05, 0) is 122 Å². The number of hydrogen-bond acceptors (Lipinski definition) is 2. The molecule has 2 nitrogen and oxygen atoms in total. The molecule has 4 rings (SSSR count). The van der Waals surface area contributed by atoms with E-state index in [0.29, 0.717) is 11.3 Å². The third-order valence-electron chi connectivity index (χ3n) is 12.6. The molecule has 186 valence electrons. The first-order chi connectivity index (χ1) is 15.0. The Morgan fingerprint density at radius 1 is 0.812 bits per heavy atom. The fourth-order valence-corrected chi connectivity index (χ4v) is 9.93. The maximum absolute atomic E-state index is 10.6. The molecule has 32 heavy (non-hydrogen) atoms. The van der Waals surface area contributed by atoms with Crippen LogP contribution in [0.25, 0.3) is 0 Å². The number of aliphatic hydroxyl groups excluding tert-OH is 2. The van der Waals surface area contributed by atoms with Crippen LogP contribution in [0.15, 0.2) is 0 Å². The van der Waals surface area contributed by atoms with Crippen molar-refractivity contribution in [3.05, 3.63) is 0 Å². The second kappa shape index (κ2) is 9.18. The fourth-order valence-electron chi connectivity index (χ4n) is 9.93. The lowest BCUT2D eigenvalue weighted by molar-refractivity contribution is -0.159. The molecule has 4 saturated carbocycles. The van der Waals surface area contributed by atoms with Crippen LogP contribution in [0, 0.1) is 64.1 Å². The molecule has 0 aromatic heterocycles. The van der Waals surface area contributed by atoms with Gasteiger partial charge in [-0.25, -0.2) is 0 Å². The van der Waals surface area contributed by atoms with E-state index >= 15 is 0 Å². The summed E-state index contributed by atoms with van der Waals surface area (Å²) in [5.41, 5.74) is 0.777. The van der Waals surface area contributed by atoms with Gasteiger partial charge in [0.15, 0.2) is 0 Å². The first-order valence-corrected chi connectivity index (χ1v) is 14.4. The first kappa shape index (κ1) is 25.0. The van der Waals surface area contributed by atoms with Crippen molar-refractivity contribution in [3.63, 3.8) is 0 Å². The van der Waals surface area contributed by atoms with Gasteiger partial charge in [0.25, 0.3) is 0 Å². The molecule has 0 heterocycles. The zero-order valence-electron chi connectivity index (χ0n) is 22.3. The Hall–Kier alpha value is -0.0800. The molecule has 0 aliphatic heterocycles. The largest absolute Gasteiger partial charge is 0.390 e. The predicted octanol–water partition coefficient (Wildman–Crippen LogP) is 7.32. The topological polar surface area (TPSA) is 40.5 Å². The van der Waals surface area contributed by atoms with Crippen molar-refractivity contribution >= 4 is 0 Å². The van der Waals surface area contributed by atoms with Gasteiger partial charge < -0.3 is 10.2 Å². The lowest BCUT2D eigenvalue weighted by Crippen LogP contribution is -2.56. The van der Waals surface area contributed by atoms with Gasteiger partial charge in [-0.1, -0.05) is 54.9 Å². The molecule has 6 unspecified atom stereocenters. The van der Waals surface area contributed by atoms with Crippen LogP contribution in [0.1, 0.15) is 113 Å². The molecule has 0 aromatic carbocycles. The van der Waals surface area contributed by atoms with Gasteiger partial charge in [0.2, 0.25) is 0 Å². The molecule has 0 aromatic rings.